The maximum Gasteiger partial charge on any atom is 0.321 e. The second-order valence-electron chi connectivity index (χ2n) is 7.58. The van der Waals surface area contributed by atoms with Gasteiger partial charge in [0, 0.05) is 61.7 Å². The Bertz CT molecular complexity index is 1070. The lowest BCUT2D eigenvalue weighted by molar-refractivity contribution is 0.208. The number of benzene rings is 2. The highest BCUT2D eigenvalue weighted by Crippen LogP contribution is 2.27. The molecule has 166 valence electrons. The zero-order valence-corrected chi connectivity index (χ0v) is 18.5. The van der Waals surface area contributed by atoms with E-state index in [1.54, 1.807) is 43.6 Å². The molecule has 0 saturated carbocycles. The van der Waals surface area contributed by atoms with Gasteiger partial charge in [-0.25, -0.2) is 14.8 Å². The number of ether oxygens (including phenoxy) is 2. The maximum absolute atomic E-state index is 12.8. The summed E-state index contributed by atoms with van der Waals surface area (Å²) in [5.74, 6) is 2.12. The van der Waals surface area contributed by atoms with E-state index < -0.39 is 0 Å². The number of rotatable bonds is 5. The Hall–Kier alpha value is -3.81. The van der Waals surface area contributed by atoms with Gasteiger partial charge in [0.1, 0.15) is 23.6 Å². The number of anilines is 2. The number of methoxy groups -OCH3 is 2. The highest BCUT2D eigenvalue weighted by atomic mass is 16.5. The fraction of sp³-hybridized carbons (Fsp3) is 0.292. The summed E-state index contributed by atoms with van der Waals surface area (Å²) in [6.07, 6.45) is 1.60. The van der Waals surface area contributed by atoms with Crippen LogP contribution in [-0.4, -0.2) is 61.3 Å². The summed E-state index contributed by atoms with van der Waals surface area (Å²) in [4.78, 5) is 25.7. The van der Waals surface area contributed by atoms with Crippen molar-refractivity contribution in [1.82, 2.24) is 14.9 Å². The molecule has 0 bridgehead atoms. The number of aromatic nitrogens is 2. The van der Waals surface area contributed by atoms with Crippen molar-refractivity contribution in [3.8, 4) is 22.8 Å². The fourth-order valence-electron chi connectivity index (χ4n) is 3.75. The summed E-state index contributed by atoms with van der Waals surface area (Å²) in [7, 11) is 3.16. The second kappa shape index (κ2) is 9.55. The molecule has 0 spiro atoms. The van der Waals surface area contributed by atoms with Gasteiger partial charge in [0.2, 0.25) is 0 Å². The third-order valence-electron chi connectivity index (χ3n) is 5.57. The lowest BCUT2D eigenvalue weighted by Gasteiger charge is -2.35. The summed E-state index contributed by atoms with van der Waals surface area (Å²) in [5.41, 5.74) is 3.81. The van der Waals surface area contributed by atoms with Gasteiger partial charge in [-0.2, -0.15) is 0 Å². The lowest BCUT2D eigenvalue weighted by Crippen LogP contribution is -2.50. The number of nitrogens with zero attached hydrogens (tertiary/aromatic N) is 4. The van der Waals surface area contributed by atoms with Gasteiger partial charge in [0.05, 0.1) is 19.9 Å². The summed E-state index contributed by atoms with van der Waals surface area (Å²) in [5, 5.41) is 2.94. The first-order valence-corrected chi connectivity index (χ1v) is 10.5. The van der Waals surface area contributed by atoms with Crippen LogP contribution < -0.4 is 19.7 Å². The number of urea groups is 1. The quantitative estimate of drug-likeness (QED) is 0.659. The highest BCUT2D eigenvalue weighted by molar-refractivity contribution is 5.90. The van der Waals surface area contributed by atoms with E-state index in [1.807, 2.05) is 18.2 Å². The van der Waals surface area contributed by atoms with E-state index in [-0.39, 0.29) is 6.03 Å². The maximum atomic E-state index is 12.8. The average Bonchev–Trinajstić information content (AvgIpc) is 2.84. The third kappa shape index (κ3) is 4.74. The largest absolute Gasteiger partial charge is 0.497 e. The minimum atomic E-state index is -0.150. The zero-order valence-electron chi connectivity index (χ0n) is 18.5. The topological polar surface area (TPSA) is 79.8 Å². The molecule has 4 rings (SSSR count). The summed E-state index contributed by atoms with van der Waals surface area (Å²) in [6, 6.07) is 15.3. The molecule has 0 unspecified atom stereocenters. The Morgan fingerprint density at radius 3 is 2.28 bits per heavy atom. The van der Waals surface area contributed by atoms with Crippen molar-refractivity contribution in [3.63, 3.8) is 0 Å². The highest BCUT2D eigenvalue weighted by Gasteiger charge is 2.23. The van der Waals surface area contributed by atoms with E-state index in [9.17, 15) is 4.79 Å². The van der Waals surface area contributed by atoms with Gasteiger partial charge in [0.25, 0.3) is 0 Å². The van der Waals surface area contributed by atoms with E-state index in [2.05, 4.69) is 39.2 Å². The van der Waals surface area contributed by atoms with Gasteiger partial charge < -0.3 is 24.6 Å². The molecule has 3 aromatic rings. The minimum Gasteiger partial charge on any atom is -0.497 e. The van der Waals surface area contributed by atoms with Crippen LogP contribution in [0, 0.1) is 6.92 Å². The van der Waals surface area contributed by atoms with Gasteiger partial charge in [-0.05, 0) is 12.5 Å². The zero-order chi connectivity index (χ0) is 22.5. The number of aryl methyl sites for hydroxylation is 1. The molecule has 0 aliphatic carbocycles. The van der Waals surface area contributed by atoms with Gasteiger partial charge in [-0.1, -0.05) is 24.3 Å². The summed E-state index contributed by atoms with van der Waals surface area (Å²) >= 11 is 0. The van der Waals surface area contributed by atoms with E-state index in [0.29, 0.717) is 43.4 Å². The number of nitrogens with one attached hydrogen (secondary N) is 1. The predicted molar refractivity (Wildman–Crippen MR) is 125 cm³/mol. The van der Waals surface area contributed by atoms with Gasteiger partial charge in [-0.15, -0.1) is 0 Å². The molecule has 1 aromatic heterocycles. The van der Waals surface area contributed by atoms with Gasteiger partial charge in [0.15, 0.2) is 0 Å². The normalized spacial score (nSPS) is 13.6. The second-order valence-corrected chi connectivity index (χ2v) is 7.58. The first kappa shape index (κ1) is 21.4. The fourth-order valence-corrected chi connectivity index (χ4v) is 3.75. The molecular weight excluding hydrogens is 406 g/mol. The number of piperazine rings is 1. The molecule has 1 aliphatic rings. The van der Waals surface area contributed by atoms with E-state index >= 15 is 0 Å². The molecule has 1 N–H and O–H groups in total. The van der Waals surface area contributed by atoms with Crippen molar-refractivity contribution in [3.05, 3.63) is 60.4 Å². The minimum absolute atomic E-state index is 0.150. The number of amides is 2. The SMILES string of the molecule is COc1cc(NC(=O)N2CCN(c3cc(-c4ccccc4C)ncn3)CC2)cc(OC)c1. The van der Waals surface area contributed by atoms with Crippen LogP contribution in [0.15, 0.2) is 54.9 Å². The van der Waals surface area contributed by atoms with E-state index in [4.69, 9.17) is 9.47 Å². The van der Waals surface area contributed by atoms with Crippen LogP contribution in [0.4, 0.5) is 16.3 Å². The molecule has 8 heteroatoms. The first-order chi connectivity index (χ1) is 15.6. The van der Waals surface area contributed by atoms with Crippen molar-refractivity contribution in [2.75, 3.05) is 50.6 Å². The van der Waals surface area contributed by atoms with E-state index in [0.717, 1.165) is 17.1 Å². The molecule has 1 saturated heterocycles. The van der Waals surface area contributed by atoms with Crippen LogP contribution in [0.1, 0.15) is 5.56 Å². The molecule has 0 atom stereocenters. The van der Waals surface area contributed by atoms with Crippen molar-refractivity contribution >= 4 is 17.5 Å². The average molecular weight is 434 g/mol. The van der Waals surface area contributed by atoms with Crippen LogP contribution in [0.3, 0.4) is 0 Å². The number of carbonyl (C=O) groups is 1. The summed E-state index contributed by atoms with van der Waals surface area (Å²) in [6.45, 7) is 4.65. The Labute approximate surface area is 187 Å². The monoisotopic (exact) mass is 433 g/mol. The molecule has 8 nitrogen and oxygen atoms in total. The predicted octanol–water partition coefficient (Wildman–Crippen LogP) is 3.82. The third-order valence-corrected chi connectivity index (χ3v) is 5.57. The molecular formula is C24H27N5O3. The van der Waals surface area contributed by atoms with Crippen molar-refractivity contribution < 1.29 is 14.3 Å². The van der Waals surface area contributed by atoms with Crippen molar-refractivity contribution in [2.45, 2.75) is 6.92 Å². The van der Waals surface area contributed by atoms with Crippen LogP contribution in [0.25, 0.3) is 11.3 Å². The van der Waals surface area contributed by atoms with Crippen LogP contribution in [-0.2, 0) is 0 Å². The van der Waals surface area contributed by atoms with E-state index in [1.165, 1.54) is 5.56 Å². The first-order valence-electron chi connectivity index (χ1n) is 10.5. The molecule has 2 amide bonds. The molecule has 2 heterocycles. The Balaban J connectivity index is 1.40. The van der Waals surface area contributed by atoms with Crippen LogP contribution in [0.5, 0.6) is 11.5 Å². The number of carbonyl (C=O) groups excluding carboxylic acids is 1. The standard InChI is InChI=1S/C24H27N5O3/c1-17-6-4-5-7-21(17)22-15-23(26-16-25-22)28-8-10-29(11-9-28)24(30)27-18-12-19(31-2)14-20(13-18)32-3/h4-7,12-16H,8-11H2,1-3H3,(H,27,30). The van der Waals surface area contributed by atoms with Gasteiger partial charge in [-0.3, -0.25) is 0 Å². The molecule has 32 heavy (non-hydrogen) atoms. The van der Waals surface area contributed by atoms with Crippen LogP contribution >= 0.6 is 0 Å². The molecule has 1 aliphatic heterocycles. The Kier molecular flexibility index (Phi) is 6.39. The Morgan fingerprint density at radius 1 is 0.938 bits per heavy atom. The summed E-state index contributed by atoms with van der Waals surface area (Å²) < 4.78 is 10.5. The molecule has 1 fully saturated rings. The smallest absolute Gasteiger partial charge is 0.321 e. The molecule has 2 aromatic carbocycles. The van der Waals surface area contributed by atoms with Crippen LogP contribution in [0.2, 0.25) is 0 Å². The van der Waals surface area contributed by atoms with Crippen molar-refractivity contribution in [2.24, 2.45) is 0 Å². The van der Waals surface area contributed by atoms with Crippen molar-refractivity contribution in [1.29, 1.82) is 0 Å². The lowest BCUT2D eigenvalue weighted by atomic mass is 10.1. The van der Waals surface area contributed by atoms with Gasteiger partial charge >= 0.3 is 6.03 Å². The Morgan fingerprint density at radius 2 is 1.62 bits per heavy atom. The molecule has 0 radical (unpaired) electrons. The number of hydrogen-bond acceptors (Lipinski definition) is 6. The number of hydrogen-bond donors (Lipinski definition) is 1.